The van der Waals surface area contributed by atoms with Gasteiger partial charge in [0.1, 0.15) is 11.1 Å². The highest BCUT2D eigenvalue weighted by molar-refractivity contribution is 8.00. The monoisotopic (exact) mass is 375 g/mol. The summed E-state index contributed by atoms with van der Waals surface area (Å²) in [6.45, 7) is 6.09. The second-order valence-electron chi connectivity index (χ2n) is 6.49. The summed E-state index contributed by atoms with van der Waals surface area (Å²) in [5.74, 6) is 0.0900. The third-order valence-corrected chi connectivity index (χ3v) is 5.36. The first kappa shape index (κ1) is 18.9. The third-order valence-electron chi connectivity index (χ3n) is 4.37. The van der Waals surface area contributed by atoms with E-state index >= 15 is 0 Å². The lowest BCUT2D eigenvalue weighted by atomic mass is 10.1. The molecule has 0 saturated carbocycles. The molecule has 0 bridgehead atoms. The molecule has 1 amide bonds. The van der Waals surface area contributed by atoms with Crippen molar-refractivity contribution in [2.24, 2.45) is 0 Å². The number of aromatic nitrogens is 1. The van der Waals surface area contributed by atoms with Crippen LogP contribution in [-0.4, -0.2) is 16.6 Å². The lowest BCUT2D eigenvalue weighted by molar-refractivity contribution is -0.113. The highest BCUT2D eigenvalue weighted by Gasteiger charge is 2.11. The van der Waals surface area contributed by atoms with Gasteiger partial charge in [0.15, 0.2) is 0 Å². The number of hydrogen-bond donors (Lipinski definition) is 1. The van der Waals surface area contributed by atoms with Crippen molar-refractivity contribution in [1.29, 1.82) is 5.26 Å². The second-order valence-corrected chi connectivity index (χ2v) is 7.45. The number of carbonyl (C=O) groups is 1. The first-order chi connectivity index (χ1) is 13.0. The van der Waals surface area contributed by atoms with Gasteiger partial charge in [0.2, 0.25) is 5.91 Å². The quantitative estimate of drug-likeness (QED) is 0.636. The summed E-state index contributed by atoms with van der Waals surface area (Å²) in [4.78, 5) is 16.9. The predicted molar refractivity (Wildman–Crippen MR) is 111 cm³/mol. The maximum atomic E-state index is 12.3. The lowest BCUT2D eigenvalue weighted by Crippen LogP contribution is -2.15. The highest BCUT2D eigenvalue weighted by atomic mass is 32.2. The Hall–Kier alpha value is -2.84. The van der Waals surface area contributed by atoms with Crippen LogP contribution in [0.3, 0.4) is 0 Å². The minimum absolute atomic E-state index is 0.112. The van der Waals surface area contributed by atoms with Crippen LogP contribution in [0.25, 0.3) is 10.9 Å². The molecule has 1 heterocycles. The second kappa shape index (κ2) is 8.24. The van der Waals surface area contributed by atoms with Crippen LogP contribution in [-0.2, 0) is 11.2 Å². The zero-order valence-electron chi connectivity index (χ0n) is 15.7. The van der Waals surface area contributed by atoms with Gasteiger partial charge >= 0.3 is 0 Å². The minimum atomic E-state index is -0.112. The van der Waals surface area contributed by atoms with Crippen LogP contribution in [0.2, 0.25) is 0 Å². The van der Waals surface area contributed by atoms with Gasteiger partial charge in [-0.3, -0.25) is 4.79 Å². The van der Waals surface area contributed by atoms with Crippen LogP contribution in [0.15, 0.2) is 47.5 Å². The highest BCUT2D eigenvalue weighted by Crippen LogP contribution is 2.26. The molecule has 1 aromatic heterocycles. The third kappa shape index (κ3) is 4.47. The van der Waals surface area contributed by atoms with Gasteiger partial charge in [0.25, 0.3) is 0 Å². The van der Waals surface area contributed by atoms with Gasteiger partial charge in [-0.25, -0.2) is 4.98 Å². The summed E-state index contributed by atoms with van der Waals surface area (Å²) in [7, 11) is 0. The normalized spacial score (nSPS) is 10.6. The fourth-order valence-electron chi connectivity index (χ4n) is 2.89. The van der Waals surface area contributed by atoms with Gasteiger partial charge in [-0.15, -0.1) is 0 Å². The van der Waals surface area contributed by atoms with Crippen molar-refractivity contribution in [3.63, 3.8) is 0 Å². The van der Waals surface area contributed by atoms with Gasteiger partial charge in [-0.1, -0.05) is 42.4 Å². The number of nitrogens with one attached hydrogen (secondary N) is 1. The smallest absolute Gasteiger partial charge is 0.234 e. The number of aryl methyl sites for hydroxylation is 3. The predicted octanol–water partition coefficient (Wildman–Crippen LogP) is 5.02. The maximum Gasteiger partial charge on any atom is 0.234 e. The van der Waals surface area contributed by atoms with E-state index in [0.29, 0.717) is 10.6 Å². The van der Waals surface area contributed by atoms with Crippen LogP contribution in [0, 0.1) is 25.2 Å². The molecule has 27 heavy (non-hydrogen) atoms. The van der Waals surface area contributed by atoms with Crippen molar-refractivity contribution in [3.8, 4) is 6.07 Å². The van der Waals surface area contributed by atoms with Gasteiger partial charge in [0.05, 0.1) is 16.8 Å². The van der Waals surface area contributed by atoms with Crippen molar-refractivity contribution in [3.05, 3.63) is 64.7 Å². The standard InChI is InChI=1S/C22H21N3OS/c1-4-16-6-8-20-17(10-16)11-18(12-23)22(25-20)27-13-21(26)24-19-7-5-14(2)9-15(19)3/h5-11H,4,13H2,1-3H3,(H,24,26). The number of nitriles is 1. The molecule has 0 spiro atoms. The lowest BCUT2D eigenvalue weighted by Gasteiger charge is -2.10. The molecule has 0 radical (unpaired) electrons. The average molecular weight is 375 g/mol. The van der Waals surface area contributed by atoms with Crippen molar-refractivity contribution in [2.45, 2.75) is 32.2 Å². The number of anilines is 1. The Morgan fingerprint density at radius 1 is 1.19 bits per heavy atom. The molecule has 3 rings (SSSR count). The van der Waals surface area contributed by atoms with E-state index in [-0.39, 0.29) is 11.7 Å². The Morgan fingerprint density at radius 2 is 2.00 bits per heavy atom. The van der Waals surface area contributed by atoms with E-state index in [4.69, 9.17) is 0 Å². The van der Waals surface area contributed by atoms with Gasteiger partial charge < -0.3 is 5.32 Å². The number of pyridine rings is 1. The first-order valence-electron chi connectivity index (χ1n) is 8.84. The summed E-state index contributed by atoms with van der Waals surface area (Å²) >= 11 is 1.29. The van der Waals surface area contributed by atoms with Gasteiger partial charge in [-0.05, 0) is 55.7 Å². The number of thioether (sulfide) groups is 1. The van der Waals surface area contributed by atoms with Crippen molar-refractivity contribution < 1.29 is 4.79 Å². The SMILES string of the molecule is CCc1ccc2nc(SCC(=O)Nc3ccc(C)cc3C)c(C#N)cc2c1. The van der Waals surface area contributed by atoms with E-state index in [1.165, 1.54) is 17.3 Å². The molecule has 5 heteroatoms. The van der Waals surface area contributed by atoms with Crippen LogP contribution in [0.4, 0.5) is 5.69 Å². The summed E-state index contributed by atoms with van der Waals surface area (Å²) < 4.78 is 0. The summed E-state index contributed by atoms with van der Waals surface area (Å²) in [5, 5.41) is 13.9. The number of rotatable bonds is 5. The Morgan fingerprint density at radius 3 is 2.70 bits per heavy atom. The Balaban J connectivity index is 1.75. The summed E-state index contributed by atoms with van der Waals surface area (Å²) in [6.07, 6.45) is 0.937. The number of benzene rings is 2. The van der Waals surface area contributed by atoms with Crippen LogP contribution < -0.4 is 5.32 Å². The Kier molecular flexibility index (Phi) is 5.78. The Labute approximate surface area is 163 Å². The van der Waals surface area contributed by atoms with Crippen molar-refractivity contribution in [2.75, 3.05) is 11.1 Å². The zero-order valence-corrected chi connectivity index (χ0v) is 16.5. The Bertz CT molecular complexity index is 1050. The molecular formula is C22H21N3OS. The molecule has 0 unspecified atom stereocenters. The summed E-state index contributed by atoms with van der Waals surface area (Å²) in [5.41, 5.74) is 5.54. The maximum absolute atomic E-state index is 12.3. The van der Waals surface area contributed by atoms with Crippen LogP contribution in [0.1, 0.15) is 29.2 Å². The number of amides is 1. The average Bonchev–Trinajstić information content (AvgIpc) is 2.67. The minimum Gasteiger partial charge on any atom is -0.325 e. The molecule has 0 aliphatic heterocycles. The van der Waals surface area contributed by atoms with E-state index in [1.807, 2.05) is 50.2 Å². The van der Waals surface area contributed by atoms with Crippen LogP contribution in [0.5, 0.6) is 0 Å². The molecule has 0 fully saturated rings. The first-order valence-corrected chi connectivity index (χ1v) is 9.82. The zero-order chi connectivity index (χ0) is 19.4. The van der Waals surface area contributed by atoms with Crippen molar-refractivity contribution in [1.82, 2.24) is 4.98 Å². The molecular weight excluding hydrogens is 354 g/mol. The molecule has 0 saturated heterocycles. The molecule has 4 nitrogen and oxygen atoms in total. The van der Waals surface area contributed by atoms with E-state index in [1.54, 1.807) is 0 Å². The molecule has 3 aromatic rings. The van der Waals surface area contributed by atoms with Crippen LogP contribution >= 0.6 is 11.8 Å². The number of carbonyl (C=O) groups excluding carboxylic acids is 1. The fraction of sp³-hybridized carbons (Fsp3) is 0.227. The number of fused-ring (bicyclic) bond motifs is 1. The molecule has 0 atom stereocenters. The largest absolute Gasteiger partial charge is 0.325 e. The van der Waals surface area contributed by atoms with E-state index in [0.717, 1.165) is 34.1 Å². The topological polar surface area (TPSA) is 65.8 Å². The number of hydrogen-bond acceptors (Lipinski definition) is 4. The molecule has 1 N–H and O–H groups in total. The molecule has 136 valence electrons. The number of nitrogens with zero attached hydrogens (tertiary/aromatic N) is 2. The molecule has 2 aromatic carbocycles. The molecule has 0 aliphatic rings. The van der Waals surface area contributed by atoms with E-state index in [2.05, 4.69) is 29.4 Å². The summed E-state index contributed by atoms with van der Waals surface area (Å²) in [6, 6.07) is 16.0. The van der Waals surface area contributed by atoms with Gasteiger partial charge in [-0.2, -0.15) is 5.26 Å². The molecule has 0 aliphatic carbocycles. The van der Waals surface area contributed by atoms with Gasteiger partial charge in [0, 0.05) is 11.1 Å². The van der Waals surface area contributed by atoms with E-state index in [9.17, 15) is 10.1 Å². The van der Waals surface area contributed by atoms with E-state index < -0.39 is 0 Å². The van der Waals surface area contributed by atoms with Crippen molar-refractivity contribution >= 4 is 34.3 Å². The fourth-order valence-corrected chi connectivity index (χ4v) is 3.66.